The van der Waals surface area contributed by atoms with Crippen LogP contribution in [0.3, 0.4) is 0 Å². The predicted molar refractivity (Wildman–Crippen MR) is 68.2 cm³/mol. The first-order valence-electron chi connectivity index (χ1n) is 6.06. The maximum absolute atomic E-state index is 12.7. The van der Waals surface area contributed by atoms with Gasteiger partial charge in [0.1, 0.15) is 5.82 Å². The Morgan fingerprint density at radius 1 is 1.29 bits per heavy atom. The highest BCUT2D eigenvalue weighted by molar-refractivity contribution is 5.15. The minimum Gasteiger partial charge on any atom is -0.389 e. The first-order chi connectivity index (χ1) is 7.89. The molecule has 1 aromatic rings. The lowest BCUT2D eigenvalue weighted by molar-refractivity contribution is 0.0383. The summed E-state index contributed by atoms with van der Waals surface area (Å²) in [5.74, 6) is 0.248. The van der Waals surface area contributed by atoms with Crippen LogP contribution in [0.4, 0.5) is 4.39 Å². The first kappa shape index (κ1) is 14.1. The Kier molecular flexibility index (Phi) is 5.09. The van der Waals surface area contributed by atoms with Gasteiger partial charge in [-0.15, -0.1) is 0 Å². The maximum atomic E-state index is 12.7. The van der Waals surface area contributed by atoms with Crippen molar-refractivity contribution >= 4 is 0 Å². The van der Waals surface area contributed by atoms with E-state index < -0.39 is 5.60 Å². The topological polar surface area (TPSA) is 32.3 Å². The van der Waals surface area contributed by atoms with E-state index in [1.54, 1.807) is 12.1 Å². The number of halogens is 1. The monoisotopic (exact) mass is 239 g/mol. The molecule has 17 heavy (non-hydrogen) atoms. The number of aliphatic hydroxyl groups is 1. The Morgan fingerprint density at radius 3 is 2.41 bits per heavy atom. The van der Waals surface area contributed by atoms with Crippen LogP contribution < -0.4 is 5.32 Å². The zero-order valence-corrected chi connectivity index (χ0v) is 10.8. The second-order valence-corrected chi connectivity index (χ2v) is 5.32. The van der Waals surface area contributed by atoms with Gasteiger partial charge in [0.25, 0.3) is 0 Å². The van der Waals surface area contributed by atoms with Crippen LogP contribution in [0.5, 0.6) is 0 Å². The summed E-state index contributed by atoms with van der Waals surface area (Å²) in [5, 5.41) is 13.3. The summed E-state index contributed by atoms with van der Waals surface area (Å²) in [7, 11) is 0. The fourth-order valence-electron chi connectivity index (χ4n) is 2.03. The van der Waals surface area contributed by atoms with E-state index in [1.165, 1.54) is 12.1 Å². The molecule has 0 saturated heterocycles. The maximum Gasteiger partial charge on any atom is 0.123 e. The van der Waals surface area contributed by atoms with Gasteiger partial charge in [0, 0.05) is 13.1 Å². The second-order valence-electron chi connectivity index (χ2n) is 5.32. The van der Waals surface area contributed by atoms with Gasteiger partial charge < -0.3 is 10.4 Å². The molecule has 0 aromatic heterocycles. The summed E-state index contributed by atoms with van der Waals surface area (Å²) >= 11 is 0. The molecule has 2 N–H and O–H groups in total. The van der Waals surface area contributed by atoms with E-state index in [0.29, 0.717) is 19.0 Å². The summed E-state index contributed by atoms with van der Waals surface area (Å²) in [6, 6.07) is 6.39. The van der Waals surface area contributed by atoms with Crippen LogP contribution in [0.1, 0.15) is 32.8 Å². The highest BCUT2D eigenvalue weighted by Gasteiger charge is 2.20. The van der Waals surface area contributed by atoms with E-state index in [9.17, 15) is 9.50 Å². The molecule has 1 aromatic carbocycles. The third-order valence-corrected chi connectivity index (χ3v) is 2.60. The second kappa shape index (κ2) is 6.12. The highest BCUT2D eigenvalue weighted by Crippen LogP contribution is 2.15. The zero-order valence-electron chi connectivity index (χ0n) is 10.8. The number of benzene rings is 1. The SMILES string of the molecule is CC(C)CC(C)(O)CNCc1ccc(F)cc1. The molecule has 0 amide bonds. The number of nitrogens with one attached hydrogen (secondary N) is 1. The van der Waals surface area contributed by atoms with Crippen molar-refractivity contribution < 1.29 is 9.50 Å². The molecule has 3 heteroatoms. The molecule has 0 radical (unpaired) electrons. The Hall–Kier alpha value is -0.930. The van der Waals surface area contributed by atoms with Crippen molar-refractivity contribution in [3.63, 3.8) is 0 Å². The molecule has 0 aliphatic carbocycles. The van der Waals surface area contributed by atoms with E-state index in [-0.39, 0.29) is 5.82 Å². The molecule has 0 saturated carbocycles. The molecule has 0 heterocycles. The molecule has 0 aliphatic rings. The highest BCUT2D eigenvalue weighted by atomic mass is 19.1. The molecule has 0 aliphatic heterocycles. The summed E-state index contributed by atoms with van der Waals surface area (Å²) in [6.07, 6.45) is 0.767. The van der Waals surface area contributed by atoms with Crippen molar-refractivity contribution in [3.8, 4) is 0 Å². The quantitative estimate of drug-likeness (QED) is 0.800. The molecule has 96 valence electrons. The van der Waals surface area contributed by atoms with Crippen molar-refractivity contribution in [1.82, 2.24) is 5.32 Å². The number of hydrogen-bond acceptors (Lipinski definition) is 2. The average molecular weight is 239 g/mol. The fraction of sp³-hybridized carbons (Fsp3) is 0.571. The molecular weight excluding hydrogens is 217 g/mol. The summed E-state index contributed by atoms with van der Waals surface area (Å²) < 4.78 is 12.7. The molecule has 2 nitrogen and oxygen atoms in total. The van der Waals surface area contributed by atoms with Gasteiger partial charge in [-0.3, -0.25) is 0 Å². The van der Waals surface area contributed by atoms with Crippen LogP contribution in [0, 0.1) is 11.7 Å². The lowest BCUT2D eigenvalue weighted by atomic mass is 9.94. The lowest BCUT2D eigenvalue weighted by Gasteiger charge is -2.25. The molecule has 1 atom stereocenters. The van der Waals surface area contributed by atoms with Crippen LogP contribution in [-0.4, -0.2) is 17.3 Å². The van der Waals surface area contributed by atoms with Gasteiger partial charge in [0.05, 0.1) is 5.60 Å². The van der Waals surface area contributed by atoms with Gasteiger partial charge in [0.2, 0.25) is 0 Å². The third-order valence-electron chi connectivity index (χ3n) is 2.60. The third kappa shape index (κ3) is 5.80. The molecular formula is C14H22FNO. The summed E-state index contributed by atoms with van der Waals surface area (Å²) in [4.78, 5) is 0. The molecule has 0 fully saturated rings. The Labute approximate surface area is 103 Å². The van der Waals surface area contributed by atoms with E-state index in [2.05, 4.69) is 19.2 Å². The summed E-state index contributed by atoms with van der Waals surface area (Å²) in [6.45, 7) is 7.21. The predicted octanol–water partition coefficient (Wildman–Crippen LogP) is 2.71. The Morgan fingerprint density at radius 2 is 1.88 bits per heavy atom. The van der Waals surface area contributed by atoms with Crippen LogP contribution in [0.2, 0.25) is 0 Å². The zero-order chi connectivity index (χ0) is 12.9. The normalized spacial score (nSPS) is 14.9. The summed E-state index contributed by atoms with van der Waals surface area (Å²) in [5.41, 5.74) is 0.334. The van der Waals surface area contributed by atoms with Gasteiger partial charge in [-0.1, -0.05) is 26.0 Å². The fourth-order valence-corrected chi connectivity index (χ4v) is 2.03. The van der Waals surface area contributed by atoms with E-state index in [4.69, 9.17) is 0 Å². The standard InChI is InChI=1S/C14H22FNO/c1-11(2)8-14(3,17)10-16-9-12-4-6-13(15)7-5-12/h4-7,11,16-17H,8-10H2,1-3H3. The smallest absolute Gasteiger partial charge is 0.123 e. The van der Waals surface area contributed by atoms with Crippen LogP contribution in [0.15, 0.2) is 24.3 Å². The van der Waals surface area contributed by atoms with Crippen molar-refractivity contribution in [3.05, 3.63) is 35.6 Å². The van der Waals surface area contributed by atoms with Crippen LogP contribution in [0.25, 0.3) is 0 Å². The van der Waals surface area contributed by atoms with E-state index in [0.717, 1.165) is 12.0 Å². The molecule has 1 rings (SSSR count). The average Bonchev–Trinajstić information content (AvgIpc) is 2.18. The van der Waals surface area contributed by atoms with Crippen molar-refractivity contribution in [2.45, 2.75) is 39.3 Å². The van der Waals surface area contributed by atoms with E-state index >= 15 is 0 Å². The minimum atomic E-state index is -0.686. The number of hydrogen-bond donors (Lipinski definition) is 2. The van der Waals surface area contributed by atoms with Gasteiger partial charge >= 0.3 is 0 Å². The van der Waals surface area contributed by atoms with Gasteiger partial charge in [-0.2, -0.15) is 0 Å². The van der Waals surface area contributed by atoms with Gasteiger partial charge in [-0.05, 0) is 37.0 Å². The van der Waals surface area contributed by atoms with Crippen LogP contribution in [-0.2, 0) is 6.54 Å². The molecule has 0 bridgehead atoms. The Bertz CT molecular complexity index is 333. The largest absolute Gasteiger partial charge is 0.389 e. The Balaban J connectivity index is 2.34. The molecule has 1 unspecified atom stereocenters. The molecule has 0 spiro atoms. The first-order valence-corrected chi connectivity index (χ1v) is 6.06. The van der Waals surface area contributed by atoms with Crippen molar-refractivity contribution in [2.75, 3.05) is 6.54 Å². The van der Waals surface area contributed by atoms with Gasteiger partial charge in [0.15, 0.2) is 0 Å². The van der Waals surface area contributed by atoms with Crippen molar-refractivity contribution in [1.29, 1.82) is 0 Å². The van der Waals surface area contributed by atoms with Gasteiger partial charge in [-0.25, -0.2) is 4.39 Å². The van der Waals surface area contributed by atoms with Crippen LogP contribution >= 0.6 is 0 Å². The van der Waals surface area contributed by atoms with Crippen molar-refractivity contribution in [2.24, 2.45) is 5.92 Å². The number of rotatable bonds is 6. The lowest BCUT2D eigenvalue weighted by Crippen LogP contribution is -2.38. The van der Waals surface area contributed by atoms with E-state index in [1.807, 2.05) is 6.92 Å². The minimum absolute atomic E-state index is 0.222.